The number of benzene rings is 1. The molecule has 1 saturated carbocycles. The Hall–Kier alpha value is -0.930. The molecule has 0 aromatic heterocycles. The fourth-order valence-corrected chi connectivity index (χ4v) is 2.44. The Bertz CT molecular complexity index is 344. The summed E-state index contributed by atoms with van der Waals surface area (Å²) >= 11 is 0. The van der Waals surface area contributed by atoms with Gasteiger partial charge in [-0.05, 0) is 50.3 Å². The molecule has 94 valence electrons. The van der Waals surface area contributed by atoms with Gasteiger partial charge in [-0.2, -0.15) is 0 Å². The van der Waals surface area contributed by atoms with Crippen LogP contribution in [0.1, 0.15) is 44.2 Å². The van der Waals surface area contributed by atoms with Crippen LogP contribution in [0.5, 0.6) is 0 Å². The maximum Gasteiger partial charge on any atom is 0.123 e. The average Bonchev–Trinajstić information content (AvgIpc) is 2.33. The monoisotopic (exact) mass is 237 g/mol. The fourth-order valence-electron chi connectivity index (χ4n) is 2.44. The van der Waals surface area contributed by atoms with Crippen molar-refractivity contribution < 1.29 is 9.50 Å². The summed E-state index contributed by atoms with van der Waals surface area (Å²) in [7, 11) is 0. The van der Waals surface area contributed by atoms with Crippen molar-refractivity contribution in [2.24, 2.45) is 0 Å². The Morgan fingerprint density at radius 1 is 1.18 bits per heavy atom. The molecule has 17 heavy (non-hydrogen) atoms. The zero-order valence-electron chi connectivity index (χ0n) is 10.2. The molecule has 1 aromatic carbocycles. The van der Waals surface area contributed by atoms with Crippen LogP contribution in [0.4, 0.5) is 4.39 Å². The van der Waals surface area contributed by atoms with Gasteiger partial charge in [0.05, 0.1) is 6.10 Å². The molecular weight excluding hydrogens is 217 g/mol. The van der Waals surface area contributed by atoms with Crippen LogP contribution in [-0.4, -0.2) is 17.3 Å². The Labute approximate surface area is 102 Å². The first-order valence-electron chi connectivity index (χ1n) is 6.34. The van der Waals surface area contributed by atoms with E-state index in [1.807, 2.05) is 12.1 Å². The van der Waals surface area contributed by atoms with E-state index in [0.717, 1.165) is 31.2 Å². The summed E-state index contributed by atoms with van der Waals surface area (Å²) in [5.74, 6) is -0.193. The summed E-state index contributed by atoms with van der Waals surface area (Å²) in [5, 5.41) is 13.0. The Morgan fingerprint density at radius 2 is 1.76 bits per heavy atom. The first-order chi connectivity index (χ1) is 8.15. The molecule has 0 heterocycles. The van der Waals surface area contributed by atoms with Crippen molar-refractivity contribution in [1.82, 2.24) is 5.32 Å². The number of hydrogen-bond donors (Lipinski definition) is 2. The van der Waals surface area contributed by atoms with E-state index in [1.165, 1.54) is 12.1 Å². The maximum atomic E-state index is 12.8. The standard InChI is InChI=1S/C14H20FNO/c1-10(11-2-4-12(15)5-3-11)16-13-6-8-14(17)9-7-13/h2-5,10,13-14,16-17H,6-9H2,1H3/t10-,13?,14?/m0/s1. The molecule has 0 aliphatic heterocycles. The molecule has 2 rings (SSSR count). The molecule has 0 amide bonds. The zero-order chi connectivity index (χ0) is 12.3. The highest BCUT2D eigenvalue weighted by molar-refractivity contribution is 5.19. The minimum absolute atomic E-state index is 0.117. The molecular formula is C14H20FNO. The van der Waals surface area contributed by atoms with Crippen LogP contribution in [0.2, 0.25) is 0 Å². The predicted octanol–water partition coefficient (Wildman–Crippen LogP) is 2.78. The van der Waals surface area contributed by atoms with Gasteiger partial charge in [0.2, 0.25) is 0 Å². The van der Waals surface area contributed by atoms with Crippen molar-refractivity contribution in [2.45, 2.75) is 50.8 Å². The third-order valence-electron chi connectivity index (χ3n) is 3.55. The number of rotatable bonds is 3. The topological polar surface area (TPSA) is 32.3 Å². The lowest BCUT2D eigenvalue weighted by Crippen LogP contribution is -2.36. The van der Waals surface area contributed by atoms with Crippen molar-refractivity contribution in [1.29, 1.82) is 0 Å². The number of nitrogens with one attached hydrogen (secondary N) is 1. The molecule has 0 unspecified atom stereocenters. The van der Waals surface area contributed by atoms with Crippen LogP contribution in [0.3, 0.4) is 0 Å². The van der Waals surface area contributed by atoms with E-state index < -0.39 is 0 Å². The van der Waals surface area contributed by atoms with Crippen LogP contribution in [0.25, 0.3) is 0 Å². The molecule has 0 saturated heterocycles. The SMILES string of the molecule is C[C@H](NC1CCC(O)CC1)c1ccc(F)cc1. The first-order valence-corrected chi connectivity index (χ1v) is 6.34. The van der Waals surface area contributed by atoms with E-state index in [9.17, 15) is 9.50 Å². The van der Waals surface area contributed by atoms with Gasteiger partial charge in [0.1, 0.15) is 5.82 Å². The molecule has 2 N–H and O–H groups in total. The Balaban J connectivity index is 1.88. The van der Waals surface area contributed by atoms with Crippen molar-refractivity contribution >= 4 is 0 Å². The van der Waals surface area contributed by atoms with E-state index in [2.05, 4.69) is 12.2 Å². The second kappa shape index (κ2) is 5.61. The molecule has 1 aliphatic carbocycles. The summed E-state index contributed by atoms with van der Waals surface area (Å²) in [5.41, 5.74) is 1.11. The van der Waals surface area contributed by atoms with E-state index in [4.69, 9.17) is 0 Å². The highest BCUT2D eigenvalue weighted by atomic mass is 19.1. The lowest BCUT2D eigenvalue weighted by atomic mass is 9.92. The second-order valence-electron chi connectivity index (χ2n) is 4.95. The summed E-state index contributed by atoms with van der Waals surface area (Å²) in [4.78, 5) is 0. The van der Waals surface area contributed by atoms with E-state index in [-0.39, 0.29) is 18.0 Å². The maximum absolute atomic E-state index is 12.8. The van der Waals surface area contributed by atoms with Gasteiger partial charge in [-0.25, -0.2) is 4.39 Å². The van der Waals surface area contributed by atoms with Gasteiger partial charge >= 0.3 is 0 Å². The van der Waals surface area contributed by atoms with E-state index in [1.54, 1.807) is 0 Å². The van der Waals surface area contributed by atoms with Crippen LogP contribution in [-0.2, 0) is 0 Å². The summed E-state index contributed by atoms with van der Waals surface area (Å²) < 4.78 is 12.8. The van der Waals surface area contributed by atoms with Crippen LogP contribution >= 0.6 is 0 Å². The lowest BCUT2D eigenvalue weighted by Gasteiger charge is -2.29. The van der Waals surface area contributed by atoms with Gasteiger partial charge < -0.3 is 10.4 Å². The molecule has 3 heteroatoms. The highest BCUT2D eigenvalue weighted by Gasteiger charge is 2.20. The van der Waals surface area contributed by atoms with E-state index in [0.29, 0.717) is 6.04 Å². The molecule has 2 nitrogen and oxygen atoms in total. The number of halogens is 1. The molecule has 1 aliphatic rings. The number of aliphatic hydroxyl groups is 1. The smallest absolute Gasteiger partial charge is 0.123 e. The van der Waals surface area contributed by atoms with Crippen molar-refractivity contribution in [3.05, 3.63) is 35.6 Å². The predicted molar refractivity (Wildman–Crippen MR) is 66.2 cm³/mol. The quantitative estimate of drug-likeness (QED) is 0.847. The average molecular weight is 237 g/mol. The number of aliphatic hydroxyl groups excluding tert-OH is 1. The van der Waals surface area contributed by atoms with Crippen molar-refractivity contribution in [3.63, 3.8) is 0 Å². The molecule has 0 radical (unpaired) electrons. The highest BCUT2D eigenvalue weighted by Crippen LogP contribution is 2.22. The van der Waals surface area contributed by atoms with Gasteiger partial charge in [-0.3, -0.25) is 0 Å². The number of hydrogen-bond acceptors (Lipinski definition) is 2. The fraction of sp³-hybridized carbons (Fsp3) is 0.571. The third-order valence-corrected chi connectivity index (χ3v) is 3.55. The van der Waals surface area contributed by atoms with E-state index >= 15 is 0 Å². The lowest BCUT2D eigenvalue weighted by molar-refractivity contribution is 0.114. The van der Waals surface area contributed by atoms with Crippen LogP contribution < -0.4 is 5.32 Å². The molecule has 1 fully saturated rings. The molecule has 1 aromatic rings. The minimum atomic E-state index is -0.193. The zero-order valence-corrected chi connectivity index (χ0v) is 10.2. The summed E-state index contributed by atoms with van der Waals surface area (Å²) in [6, 6.07) is 7.35. The largest absolute Gasteiger partial charge is 0.393 e. The van der Waals surface area contributed by atoms with Gasteiger partial charge in [0.15, 0.2) is 0 Å². The molecule has 0 bridgehead atoms. The minimum Gasteiger partial charge on any atom is -0.393 e. The van der Waals surface area contributed by atoms with Crippen LogP contribution in [0.15, 0.2) is 24.3 Å². The summed E-state index contributed by atoms with van der Waals surface area (Å²) in [6.45, 7) is 2.10. The van der Waals surface area contributed by atoms with Gasteiger partial charge in [-0.1, -0.05) is 12.1 Å². The van der Waals surface area contributed by atoms with Crippen molar-refractivity contribution in [2.75, 3.05) is 0 Å². The normalized spacial score (nSPS) is 26.8. The van der Waals surface area contributed by atoms with Gasteiger partial charge in [-0.15, -0.1) is 0 Å². The van der Waals surface area contributed by atoms with Gasteiger partial charge in [0.25, 0.3) is 0 Å². The van der Waals surface area contributed by atoms with Gasteiger partial charge in [0, 0.05) is 12.1 Å². The van der Waals surface area contributed by atoms with Crippen molar-refractivity contribution in [3.8, 4) is 0 Å². The Morgan fingerprint density at radius 3 is 2.35 bits per heavy atom. The van der Waals surface area contributed by atoms with Crippen LogP contribution in [0, 0.1) is 5.82 Å². The molecule has 1 atom stereocenters. The second-order valence-corrected chi connectivity index (χ2v) is 4.95. The first kappa shape index (κ1) is 12.5. The third kappa shape index (κ3) is 3.51. The molecule has 0 spiro atoms. The Kier molecular flexibility index (Phi) is 4.13. The summed E-state index contributed by atoms with van der Waals surface area (Å²) in [6.07, 6.45) is 3.69.